The zero-order chi connectivity index (χ0) is 21.3. The molecule has 6 nitrogen and oxygen atoms in total. The van der Waals surface area contributed by atoms with Crippen molar-refractivity contribution in [3.05, 3.63) is 94.2 Å². The van der Waals surface area contributed by atoms with Crippen molar-refractivity contribution in [2.45, 2.75) is 6.61 Å². The summed E-state index contributed by atoms with van der Waals surface area (Å²) in [7, 11) is 0. The molecule has 0 fully saturated rings. The molecular formula is C22H17BrFN3O3. The molecule has 0 atom stereocenters. The molecule has 0 aliphatic rings. The number of ether oxygens (including phenoxy) is 1. The van der Waals surface area contributed by atoms with Crippen LogP contribution in [0.25, 0.3) is 0 Å². The second-order valence-corrected chi connectivity index (χ2v) is 7.07. The van der Waals surface area contributed by atoms with Gasteiger partial charge in [0.15, 0.2) is 0 Å². The quantitative estimate of drug-likeness (QED) is 0.321. The maximum absolute atomic E-state index is 12.9. The molecular weight excluding hydrogens is 453 g/mol. The van der Waals surface area contributed by atoms with Crippen molar-refractivity contribution < 1.29 is 18.7 Å². The third kappa shape index (κ3) is 6.52. The van der Waals surface area contributed by atoms with Crippen LogP contribution in [0, 0.1) is 5.82 Å². The monoisotopic (exact) mass is 469 g/mol. The van der Waals surface area contributed by atoms with Crippen molar-refractivity contribution in [2.75, 3.05) is 5.32 Å². The lowest BCUT2D eigenvalue weighted by molar-refractivity contribution is -0.136. The van der Waals surface area contributed by atoms with Crippen molar-refractivity contribution >= 4 is 39.6 Å². The molecule has 0 unspecified atom stereocenters. The summed E-state index contributed by atoms with van der Waals surface area (Å²) in [5.41, 5.74) is 4.14. The van der Waals surface area contributed by atoms with E-state index in [9.17, 15) is 14.0 Å². The Hall–Kier alpha value is -3.52. The van der Waals surface area contributed by atoms with E-state index < -0.39 is 17.6 Å². The predicted octanol–water partition coefficient (Wildman–Crippen LogP) is 4.26. The van der Waals surface area contributed by atoms with Gasteiger partial charge in [0.2, 0.25) is 0 Å². The Labute approximate surface area is 180 Å². The van der Waals surface area contributed by atoms with Crippen molar-refractivity contribution in [1.29, 1.82) is 0 Å². The van der Waals surface area contributed by atoms with Crippen LogP contribution >= 0.6 is 15.9 Å². The largest absolute Gasteiger partial charge is 0.489 e. The molecule has 2 N–H and O–H groups in total. The molecule has 0 bridgehead atoms. The molecule has 0 saturated heterocycles. The van der Waals surface area contributed by atoms with E-state index in [4.69, 9.17) is 4.74 Å². The average molecular weight is 470 g/mol. The first-order valence-electron chi connectivity index (χ1n) is 8.87. The molecule has 0 spiro atoms. The number of carbonyl (C=O) groups is 2. The summed E-state index contributed by atoms with van der Waals surface area (Å²) in [6.45, 7) is 0.403. The molecule has 8 heteroatoms. The molecule has 3 rings (SSSR count). The summed E-state index contributed by atoms with van der Waals surface area (Å²) in [6, 6.07) is 20.0. The van der Waals surface area contributed by atoms with Gasteiger partial charge < -0.3 is 10.1 Å². The number of benzene rings is 3. The van der Waals surface area contributed by atoms with Gasteiger partial charge in [-0.1, -0.05) is 40.2 Å². The first-order chi connectivity index (χ1) is 14.5. The van der Waals surface area contributed by atoms with Crippen LogP contribution in [0.15, 0.2) is 82.4 Å². The smallest absolute Gasteiger partial charge is 0.329 e. The van der Waals surface area contributed by atoms with Gasteiger partial charge in [-0.3, -0.25) is 9.59 Å². The minimum Gasteiger partial charge on any atom is -0.489 e. The van der Waals surface area contributed by atoms with E-state index in [1.54, 1.807) is 18.2 Å². The number of nitrogens with one attached hydrogen (secondary N) is 2. The molecule has 3 aromatic rings. The minimum atomic E-state index is -0.947. The number of carbonyl (C=O) groups excluding carboxylic acids is 2. The highest BCUT2D eigenvalue weighted by Gasteiger charge is 2.12. The summed E-state index contributed by atoms with van der Waals surface area (Å²) in [4.78, 5) is 23.6. The Kier molecular flexibility index (Phi) is 7.29. The van der Waals surface area contributed by atoms with Crippen LogP contribution in [0.3, 0.4) is 0 Å². The zero-order valence-corrected chi connectivity index (χ0v) is 17.2. The zero-order valence-electron chi connectivity index (χ0n) is 15.6. The molecule has 0 aliphatic carbocycles. The normalized spacial score (nSPS) is 10.6. The van der Waals surface area contributed by atoms with E-state index in [1.165, 1.54) is 30.5 Å². The van der Waals surface area contributed by atoms with Crippen LogP contribution in [0.5, 0.6) is 5.75 Å². The van der Waals surface area contributed by atoms with Crippen molar-refractivity contribution in [1.82, 2.24) is 5.43 Å². The number of anilines is 1. The van der Waals surface area contributed by atoms with Crippen molar-refractivity contribution in [3.8, 4) is 5.75 Å². The Morgan fingerprint density at radius 3 is 2.53 bits per heavy atom. The van der Waals surface area contributed by atoms with Gasteiger partial charge in [-0.25, -0.2) is 9.82 Å². The highest BCUT2D eigenvalue weighted by Crippen LogP contribution is 2.16. The topological polar surface area (TPSA) is 79.8 Å². The first kappa shape index (κ1) is 21.2. The van der Waals surface area contributed by atoms with Gasteiger partial charge in [0.1, 0.15) is 18.2 Å². The van der Waals surface area contributed by atoms with E-state index in [1.807, 2.05) is 30.3 Å². The van der Waals surface area contributed by atoms with Crippen LogP contribution in [0.2, 0.25) is 0 Å². The van der Waals surface area contributed by atoms with Gasteiger partial charge in [-0.15, -0.1) is 0 Å². The number of amides is 2. The van der Waals surface area contributed by atoms with Crippen LogP contribution in [-0.4, -0.2) is 18.0 Å². The maximum Gasteiger partial charge on any atom is 0.329 e. The Morgan fingerprint density at radius 2 is 1.77 bits per heavy atom. The summed E-state index contributed by atoms with van der Waals surface area (Å²) < 4.78 is 19.6. The standard InChI is InChI=1S/C22H17BrFN3O3/c23-17-5-1-4-16(11-17)14-30-20-6-2-3-15(12-20)13-25-27-22(29)21(28)26-19-9-7-18(24)8-10-19/h1-13H,14H2,(H,26,28)(H,27,29)/b25-13-. The van der Waals surface area contributed by atoms with E-state index in [2.05, 4.69) is 31.8 Å². The molecule has 2 amide bonds. The molecule has 0 aliphatic heterocycles. The maximum atomic E-state index is 12.9. The van der Waals surface area contributed by atoms with Crippen molar-refractivity contribution in [2.24, 2.45) is 5.10 Å². The SMILES string of the molecule is O=C(N/N=C\c1cccc(OCc2cccc(Br)c2)c1)C(=O)Nc1ccc(F)cc1. The molecule has 152 valence electrons. The Morgan fingerprint density at radius 1 is 1.00 bits per heavy atom. The summed E-state index contributed by atoms with van der Waals surface area (Å²) in [5.74, 6) is -1.66. The fourth-order valence-electron chi connectivity index (χ4n) is 2.42. The van der Waals surface area contributed by atoms with Gasteiger partial charge in [0, 0.05) is 10.2 Å². The van der Waals surface area contributed by atoms with Crippen LogP contribution < -0.4 is 15.5 Å². The molecule has 3 aromatic carbocycles. The fraction of sp³-hybridized carbons (Fsp3) is 0.0455. The third-order valence-electron chi connectivity index (χ3n) is 3.84. The molecule has 30 heavy (non-hydrogen) atoms. The van der Waals surface area contributed by atoms with Gasteiger partial charge in [0.05, 0.1) is 6.21 Å². The van der Waals surface area contributed by atoms with Gasteiger partial charge in [-0.05, 0) is 59.7 Å². The third-order valence-corrected chi connectivity index (χ3v) is 4.33. The second kappa shape index (κ2) is 10.3. The number of nitrogens with zero attached hydrogens (tertiary/aromatic N) is 1. The van der Waals surface area contributed by atoms with Crippen LogP contribution in [0.1, 0.15) is 11.1 Å². The van der Waals surface area contributed by atoms with Gasteiger partial charge >= 0.3 is 11.8 Å². The number of halogens is 2. The fourth-order valence-corrected chi connectivity index (χ4v) is 2.86. The summed E-state index contributed by atoms with van der Waals surface area (Å²) in [5, 5.41) is 6.13. The predicted molar refractivity (Wildman–Crippen MR) is 116 cm³/mol. The Bertz CT molecular complexity index is 1070. The van der Waals surface area contributed by atoms with Crippen LogP contribution in [-0.2, 0) is 16.2 Å². The highest BCUT2D eigenvalue weighted by molar-refractivity contribution is 9.10. The van der Waals surface area contributed by atoms with E-state index in [-0.39, 0.29) is 0 Å². The van der Waals surface area contributed by atoms with Crippen molar-refractivity contribution in [3.63, 3.8) is 0 Å². The lowest BCUT2D eigenvalue weighted by Crippen LogP contribution is -2.32. The molecule has 0 heterocycles. The summed E-state index contributed by atoms with van der Waals surface area (Å²) in [6.07, 6.45) is 1.40. The number of hydrogen-bond acceptors (Lipinski definition) is 4. The summed E-state index contributed by atoms with van der Waals surface area (Å²) >= 11 is 3.42. The first-order valence-corrected chi connectivity index (χ1v) is 9.66. The molecule has 0 aromatic heterocycles. The number of rotatable bonds is 6. The van der Waals surface area contributed by atoms with E-state index in [0.717, 1.165) is 10.0 Å². The number of hydrazone groups is 1. The average Bonchev–Trinajstić information content (AvgIpc) is 2.74. The van der Waals surface area contributed by atoms with Gasteiger partial charge in [0.25, 0.3) is 0 Å². The van der Waals surface area contributed by atoms with Gasteiger partial charge in [-0.2, -0.15) is 5.10 Å². The lowest BCUT2D eigenvalue weighted by atomic mass is 10.2. The Balaban J connectivity index is 1.51. The lowest BCUT2D eigenvalue weighted by Gasteiger charge is -2.07. The molecule has 0 radical (unpaired) electrons. The van der Waals surface area contributed by atoms with E-state index in [0.29, 0.717) is 23.6 Å². The molecule has 0 saturated carbocycles. The highest BCUT2D eigenvalue weighted by atomic mass is 79.9. The van der Waals surface area contributed by atoms with E-state index >= 15 is 0 Å². The van der Waals surface area contributed by atoms with Crippen LogP contribution in [0.4, 0.5) is 10.1 Å². The number of hydrogen-bond donors (Lipinski definition) is 2. The second-order valence-electron chi connectivity index (χ2n) is 6.15. The minimum absolute atomic E-state index is 0.302.